The van der Waals surface area contributed by atoms with Gasteiger partial charge >= 0.3 is 5.97 Å². The highest BCUT2D eigenvalue weighted by Crippen LogP contribution is 2.17. The molecule has 0 unspecified atom stereocenters. The number of likely N-dealkylation sites (N-methyl/N-ethyl adjacent to an activating group) is 1. The molecule has 0 atom stereocenters. The lowest BCUT2D eigenvalue weighted by Gasteiger charge is -2.41. The van der Waals surface area contributed by atoms with Crippen LogP contribution < -0.4 is 0 Å². The van der Waals surface area contributed by atoms with Crippen molar-refractivity contribution in [3.63, 3.8) is 0 Å². The van der Waals surface area contributed by atoms with Crippen molar-refractivity contribution in [3.8, 4) is 0 Å². The highest BCUT2D eigenvalue weighted by Gasteiger charge is 2.27. The zero-order valence-corrected chi connectivity index (χ0v) is 15.2. The molecule has 0 aliphatic carbocycles. The third-order valence-corrected chi connectivity index (χ3v) is 4.98. The molecule has 0 aromatic heterocycles. The molecule has 0 amide bonds. The number of hydrogen-bond acceptors (Lipinski definition) is 6. The van der Waals surface area contributed by atoms with Gasteiger partial charge in [0.15, 0.2) is 0 Å². The first-order valence-electron chi connectivity index (χ1n) is 9.00. The molecule has 2 heterocycles. The summed E-state index contributed by atoms with van der Waals surface area (Å²) >= 11 is 0. The van der Waals surface area contributed by atoms with Crippen LogP contribution in [0.2, 0.25) is 0 Å². The average molecular weight is 326 g/mol. The molecule has 0 aromatic carbocycles. The minimum absolute atomic E-state index is 0.0678. The van der Waals surface area contributed by atoms with Gasteiger partial charge in [0, 0.05) is 51.9 Å². The Balaban J connectivity index is 1.58. The molecule has 0 radical (unpaired) electrons. The molecular weight excluding hydrogens is 292 g/mol. The molecule has 23 heavy (non-hydrogen) atoms. The first kappa shape index (κ1) is 18.6. The van der Waals surface area contributed by atoms with Crippen molar-refractivity contribution in [2.45, 2.75) is 25.3 Å². The molecule has 134 valence electrons. The van der Waals surface area contributed by atoms with Gasteiger partial charge in [-0.15, -0.1) is 0 Å². The van der Waals surface area contributed by atoms with E-state index >= 15 is 0 Å². The number of likely N-dealkylation sites (tertiary alicyclic amines) is 1. The van der Waals surface area contributed by atoms with Crippen molar-refractivity contribution in [1.29, 1.82) is 0 Å². The molecule has 2 rings (SSSR count). The van der Waals surface area contributed by atoms with E-state index in [4.69, 9.17) is 4.74 Å². The van der Waals surface area contributed by atoms with Crippen LogP contribution in [-0.4, -0.2) is 112 Å². The Bertz CT molecular complexity index is 349. The number of hydrogen-bond donors (Lipinski definition) is 0. The normalized spacial score (nSPS) is 22.6. The summed E-state index contributed by atoms with van der Waals surface area (Å²) < 4.78 is 5.33. The molecular formula is C17H34N4O2. The van der Waals surface area contributed by atoms with Crippen molar-refractivity contribution < 1.29 is 9.53 Å². The van der Waals surface area contributed by atoms with Crippen LogP contribution in [0, 0.1) is 0 Å². The lowest BCUT2D eigenvalue weighted by Crippen LogP contribution is -2.52. The van der Waals surface area contributed by atoms with Crippen LogP contribution in [0.15, 0.2) is 0 Å². The van der Waals surface area contributed by atoms with E-state index in [9.17, 15) is 4.79 Å². The highest BCUT2D eigenvalue weighted by molar-refractivity contribution is 5.71. The summed E-state index contributed by atoms with van der Waals surface area (Å²) in [5, 5.41) is 0. The molecule has 6 heteroatoms. The number of rotatable bonds is 7. The Morgan fingerprint density at radius 2 is 1.74 bits per heavy atom. The van der Waals surface area contributed by atoms with Gasteiger partial charge in [0.25, 0.3) is 0 Å². The van der Waals surface area contributed by atoms with Gasteiger partial charge in [-0.2, -0.15) is 0 Å². The smallest absolute Gasteiger partial charge is 0.320 e. The first-order chi connectivity index (χ1) is 11.0. The van der Waals surface area contributed by atoms with Crippen LogP contribution in [0.25, 0.3) is 0 Å². The molecule has 0 aromatic rings. The van der Waals surface area contributed by atoms with Gasteiger partial charge in [-0.05, 0) is 40.4 Å². The summed E-state index contributed by atoms with van der Waals surface area (Å²) in [6, 6.07) is 0.705. The summed E-state index contributed by atoms with van der Waals surface area (Å²) in [6.07, 6.45) is 3.26. The molecule has 0 bridgehead atoms. The number of piperazine rings is 1. The molecule has 0 spiro atoms. The van der Waals surface area contributed by atoms with E-state index < -0.39 is 0 Å². The van der Waals surface area contributed by atoms with Gasteiger partial charge in [-0.1, -0.05) is 0 Å². The number of ether oxygens (including phenoxy) is 1. The van der Waals surface area contributed by atoms with E-state index in [-0.39, 0.29) is 5.97 Å². The van der Waals surface area contributed by atoms with Gasteiger partial charge in [-0.3, -0.25) is 14.6 Å². The van der Waals surface area contributed by atoms with E-state index in [1.807, 2.05) is 14.1 Å². The maximum absolute atomic E-state index is 11.9. The SMILES string of the molecule is CN(C)CCCOC(=O)CN1CCC(N2CCN(C)CC2)CC1. The molecule has 0 N–H and O–H groups in total. The first-order valence-corrected chi connectivity index (χ1v) is 9.00. The van der Waals surface area contributed by atoms with Crippen LogP contribution in [-0.2, 0) is 9.53 Å². The predicted octanol–water partition coefficient (Wildman–Crippen LogP) is 0.193. The third kappa shape index (κ3) is 6.75. The van der Waals surface area contributed by atoms with E-state index in [0.29, 0.717) is 19.2 Å². The van der Waals surface area contributed by atoms with Gasteiger partial charge < -0.3 is 14.5 Å². The van der Waals surface area contributed by atoms with Crippen LogP contribution >= 0.6 is 0 Å². The number of nitrogens with zero attached hydrogens (tertiary/aromatic N) is 4. The van der Waals surface area contributed by atoms with Crippen LogP contribution in [0.4, 0.5) is 0 Å². The largest absolute Gasteiger partial charge is 0.465 e. The Labute approximate surface area is 141 Å². The summed E-state index contributed by atoms with van der Waals surface area (Å²) in [5.74, 6) is -0.0678. The summed E-state index contributed by atoms with van der Waals surface area (Å²) in [7, 11) is 6.27. The van der Waals surface area contributed by atoms with Crippen molar-refractivity contribution in [1.82, 2.24) is 19.6 Å². The molecule has 2 saturated heterocycles. The maximum Gasteiger partial charge on any atom is 0.320 e. The second-order valence-corrected chi connectivity index (χ2v) is 7.22. The number of carbonyl (C=O) groups excluding carboxylic acids is 1. The molecule has 6 nitrogen and oxygen atoms in total. The van der Waals surface area contributed by atoms with Gasteiger partial charge in [0.05, 0.1) is 13.2 Å². The summed E-state index contributed by atoms with van der Waals surface area (Å²) in [4.78, 5) is 21.3. The second-order valence-electron chi connectivity index (χ2n) is 7.22. The maximum atomic E-state index is 11.9. The van der Waals surface area contributed by atoms with E-state index in [0.717, 1.165) is 26.1 Å². The number of esters is 1. The Morgan fingerprint density at radius 3 is 2.35 bits per heavy atom. The van der Waals surface area contributed by atoms with Gasteiger partial charge in [-0.25, -0.2) is 0 Å². The Hall–Kier alpha value is -0.690. The van der Waals surface area contributed by atoms with Crippen molar-refractivity contribution in [2.24, 2.45) is 0 Å². The zero-order valence-electron chi connectivity index (χ0n) is 15.2. The Kier molecular flexibility index (Phi) is 7.76. The lowest BCUT2D eigenvalue weighted by atomic mass is 10.0. The number of piperidine rings is 1. The monoisotopic (exact) mass is 326 g/mol. The van der Waals surface area contributed by atoms with Crippen molar-refractivity contribution in [2.75, 3.05) is 80.1 Å². The fraction of sp³-hybridized carbons (Fsp3) is 0.941. The van der Waals surface area contributed by atoms with Crippen LogP contribution in [0.5, 0.6) is 0 Å². The second kappa shape index (κ2) is 9.57. The van der Waals surface area contributed by atoms with Crippen molar-refractivity contribution in [3.05, 3.63) is 0 Å². The molecule has 2 aliphatic heterocycles. The molecule has 2 fully saturated rings. The van der Waals surface area contributed by atoms with E-state index in [2.05, 4.69) is 26.6 Å². The fourth-order valence-electron chi connectivity index (χ4n) is 3.42. The molecule has 2 aliphatic rings. The zero-order chi connectivity index (χ0) is 16.7. The van der Waals surface area contributed by atoms with Crippen molar-refractivity contribution >= 4 is 5.97 Å². The lowest BCUT2D eigenvalue weighted by molar-refractivity contribution is -0.145. The quantitative estimate of drug-likeness (QED) is 0.491. The Morgan fingerprint density at radius 1 is 1.09 bits per heavy atom. The van der Waals surface area contributed by atoms with Gasteiger partial charge in [0.1, 0.15) is 0 Å². The summed E-state index contributed by atoms with van der Waals surface area (Å²) in [6.45, 7) is 8.73. The minimum atomic E-state index is -0.0678. The van der Waals surface area contributed by atoms with Gasteiger partial charge in [0.2, 0.25) is 0 Å². The highest BCUT2D eigenvalue weighted by atomic mass is 16.5. The minimum Gasteiger partial charge on any atom is -0.465 e. The topological polar surface area (TPSA) is 39.3 Å². The standard InChI is InChI=1S/C17H34N4O2/c1-18(2)7-4-14-23-17(22)15-20-8-5-16(6-9-20)21-12-10-19(3)11-13-21/h16H,4-15H2,1-3H3. The average Bonchev–Trinajstić information content (AvgIpc) is 2.53. The fourth-order valence-corrected chi connectivity index (χ4v) is 3.42. The van der Waals surface area contributed by atoms with E-state index in [1.54, 1.807) is 0 Å². The van der Waals surface area contributed by atoms with Crippen LogP contribution in [0.1, 0.15) is 19.3 Å². The molecule has 0 saturated carbocycles. The summed E-state index contributed by atoms with van der Waals surface area (Å²) in [5.41, 5.74) is 0. The van der Waals surface area contributed by atoms with Crippen LogP contribution in [0.3, 0.4) is 0 Å². The number of carbonyl (C=O) groups is 1. The van der Waals surface area contributed by atoms with E-state index in [1.165, 1.54) is 39.0 Å². The third-order valence-electron chi connectivity index (χ3n) is 4.98. The predicted molar refractivity (Wildman–Crippen MR) is 92.7 cm³/mol.